The van der Waals surface area contributed by atoms with E-state index in [2.05, 4.69) is 4.99 Å². The monoisotopic (exact) mass is 139 g/mol. The summed E-state index contributed by atoms with van der Waals surface area (Å²) in [6.07, 6.45) is 4.40. The number of carboxylic acid groups (broad SMARTS) is 1. The minimum absolute atomic E-state index is 0.310. The van der Waals surface area contributed by atoms with Crippen molar-refractivity contribution in [2.24, 2.45) is 10.9 Å². The molecule has 0 aromatic rings. The number of aliphatic imine (C=N–C) groups is 1. The zero-order chi connectivity index (χ0) is 7.19. The molecule has 10 heavy (non-hydrogen) atoms. The molecule has 0 aromatic heterocycles. The van der Waals surface area contributed by atoms with E-state index in [1.54, 1.807) is 6.21 Å². The van der Waals surface area contributed by atoms with Crippen molar-refractivity contribution in [1.29, 1.82) is 0 Å². The number of carbonyl (C=O) groups is 1. The normalized spacial score (nSPS) is 42.6. The number of carboxylic acids is 1. The summed E-state index contributed by atoms with van der Waals surface area (Å²) in [5.74, 6) is -0.428. The van der Waals surface area contributed by atoms with Crippen LogP contribution in [0.15, 0.2) is 4.99 Å². The summed E-state index contributed by atoms with van der Waals surface area (Å²) in [5, 5.41) is 8.78. The van der Waals surface area contributed by atoms with Gasteiger partial charge in [0.25, 0.3) is 0 Å². The van der Waals surface area contributed by atoms with Crippen LogP contribution in [0.1, 0.15) is 19.3 Å². The van der Waals surface area contributed by atoms with Crippen molar-refractivity contribution in [1.82, 2.24) is 0 Å². The molecule has 2 rings (SSSR count). The minimum atomic E-state index is -0.738. The highest BCUT2D eigenvalue weighted by molar-refractivity contribution is 5.86. The van der Waals surface area contributed by atoms with E-state index in [1.807, 2.05) is 0 Å². The molecule has 0 aromatic carbocycles. The maximum atomic E-state index is 10.7. The Balaban J connectivity index is 2.29. The number of nitrogens with zero attached hydrogens (tertiary/aromatic N) is 1. The quantitative estimate of drug-likeness (QED) is 0.581. The Kier molecular flexibility index (Phi) is 0.938. The maximum absolute atomic E-state index is 10.7. The van der Waals surface area contributed by atoms with Crippen LogP contribution in [0.4, 0.5) is 0 Å². The van der Waals surface area contributed by atoms with Gasteiger partial charge in [0.2, 0.25) is 0 Å². The van der Waals surface area contributed by atoms with E-state index in [4.69, 9.17) is 5.11 Å². The van der Waals surface area contributed by atoms with Crippen LogP contribution in [0.2, 0.25) is 0 Å². The van der Waals surface area contributed by atoms with E-state index in [9.17, 15) is 4.79 Å². The van der Waals surface area contributed by atoms with Crippen LogP contribution in [0, 0.1) is 5.92 Å². The molecule has 0 saturated heterocycles. The van der Waals surface area contributed by atoms with E-state index in [0.717, 1.165) is 19.3 Å². The Morgan fingerprint density at radius 3 is 2.90 bits per heavy atom. The summed E-state index contributed by atoms with van der Waals surface area (Å²) in [4.78, 5) is 14.7. The van der Waals surface area contributed by atoms with Crippen LogP contribution in [0.3, 0.4) is 0 Å². The first kappa shape index (κ1) is 5.89. The standard InChI is InChI=1S/C7H9NO2/c9-6(10)7-3-1-5(7)2-4-8-7/h4-5H,1-3H2,(H,9,10). The number of fused-ring (bicyclic) bond motifs is 1. The van der Waals surface area contributed by atoms with E-state index in [1.165, 1.54) is 0 Å². The third-order valence-corrected chi connectivity index (χ3v) is 2.63. The SMILES string of the molecule is O=C(O)C12CCC1CC=N2. The smallest absolute Gasteiger partial charge is 0.331 e. The van der Waals surface area contributed by atoms with Crippen molar-refractivity contribution in [3.05, 3.63) is 0 Å². The van der Waals surface area contributed by atoms with Crippen LogP contribution in [-0.4, -0.2) is 22.8 Å². The topological polar surface area (TPSA) is 49.7 Å². The second-order valence-corrected chi connectivity index (χ2v) is 3.01. The first-order valence-electron chi connectivity index (χ1n) is 3.53. The Bertz CT molecular complexity index is 212. The van der Waals surface area contributed by atoms with Gasteiger partial charge in [0.05, 0.1) is 0 Å². The maximum Gasteiger partial charge on any atom is 0.331 e. The molecule has 0 spiro atoms. The summed E-state index contributed by atoms with van der Waals surface area (Å²) >= 11 is 0. The number of aliphatic carboxylic acids is 1. The van der Waals surface area contributed by atoms with E-state index < -0.39 is 11.5 Å². The Morgan fingerprint density at radius 1 is 1.80 bits per heavy atom. The molecule has 2 aliphatic rings. The Labute approximate surface area is 58.8 Å². The van der Waals surface area contributed by atoms with Crippen molar-refractivity contribution in [2.75, 3.05) is 0 Å². The van der Waals surface area contributed by atoms with Gasteiger partial charge in [-0.05, 0) is 25.2 Å². The van der Waals surface area contributed by atoms with Crippen molar-refractivity contribution in [2.45, 2.75) is 24.8 Å². The molecule has 1 aliphatic carbocycles. The van der Waals surface area contributed by atoms with Crippen molar-refractivity contribution in [3.63, 3.8) is 0 Å². The largest absolute Gasteiger partial charge is 0.479 e. The highest BCUT2D eigenvalue weighted by Gasteiger charge is 2.54. The third kappa shape index (κ3) is 0.462. The summed E-state index contributed by atoms with van der Waals surface area (Å²) in [7, 11) is 0. The molecule has 1 N–H and O–H groups in total. The zero-order valence-corrected chi connectivity index (χ0v) is 5.58. The third-order valence-electron chi connectivity index (χ3n) is 2.63. The molecule has 0 bridgehead atoms. The summed E-state index contributed by atoms with van der Waals surface area (Å²) in [6, 6.07) is 0. The van der Waals surface area contributed by atoms with Gasteiger partial charge in [-0.2, -0.15) is 0 Å². The van der Waals surface area contributed by atoms with Gasteiger partial charge < -0.3 is 5.11 Å². The van der Waals surface area contributed by atoms with E-state index >= 15 is 0 Å². The Morgan fingerprint density at radius 2 is 2.60 bits per heavy atom. The molecule has 1 heterocycles. The minimum Gasteiger partial charge on any atom is -0.479 e. The molecule has 1 saturated carbocycles. The van der Waals surface area contributed by atoms with Crippen molar-refractivity contribution < 1.29 is 9.90 Å². The second-order valence-electron chi connectivity index (χ2n) is 3.01. The number of rotatable bonds is 1. The fourth-order valence-electron chi connectivity index (χ4n) is 1.78. The number of hydrogen-bond acceptors (Lipinski definition) is 2. The van der Waals surface area contributed by atoms with Gasteiger partial charge in [-0.25, -0.2) is 4.79 Å². The summed E-state index contributed by atoms with van der Waals surface area (Å²) in [5.41, 5.74) is -0.681. The molecule has 0 radical (unpaired) electrons. The van der Waals surface area contributed by atoms with Gasteiger partial charge in [-0.15, -0.1) is 0 Å². The van der Waals surface area contributed by atoms with E-state index in [-0.39, 0.29) is 0 Å². The molecule has 2 unspecified atom stereocenters. The van der Waals surface area contributed by atoms with Crippen LogP contribution in [-0.2, 0) is 4.79 Å². The van der Waals surface area contributed by atoms with Crippen molar-refractivity contribution >= 4 is 12.2 Å². The fraction of sp³-hybridized carbons (Fsp3) is 0.714. The molecule has 1 fully saturated rings. The molecule has 2 atom stereocenters. The van der Waals surface area contributed by atoms with Crippen molar-refractivity contribution in [3.8, 4) is 0 Å². The molecule has 3 heteroatoms. The lowest BCUT2D eigenvalue weighted by Gasteiger charge is -2.38. The molecule has 1 aliphatic heterocycles. The van der Waals surface area contributed by atoms with Crippen LogP contribution >= 0.6 is 0 Å². The predicted octanol–water partition coefficient (Wildman–Crippen LogP) is 0.694. The Hall–Kier alpha value is -0.860. The van der Waals surface area contributed by atoms with Gasteiger partial charge in [-0.3, -0.25) is 4.99 Å². The molecular weight excluding hydrogens is 130 g/mol. The average molecular weight is 139 g/mol. The lowest BCUT2D eigenvalue weighted by Crippen LogP contribution is -2.49. The molecule has 3 nitrogen and oxygen atoms in total. The summed E-state index contributed by atoms with van der Waals surface area (Å²) < 4.78 is 0. The lowest BCUT2D eigenvalue weighted by molar-refractivity contribution is -0.149. The highest BCUT2D eigenvalue weighted by Crippen LogP contribution is 2.46. The molecule has 54 valence electrons. The van der Waals surface area contributed by atoms with Gasteiger partial charge in [0.1, 0.15) is 0 Å². The highest BCUT2D eigenvalue weighted by atomic mass is 16.4. The average Bonchev–Trinajstić information content (AvgIpc) is 2.09. The van der Waals surface area contributed by atoms with Gasteiger partial charge >= 0.3 is 5.97 Å². The number of hydrogen-bond donors (Lipinski definition) is 1. The van der Waals surface area contributed by atoms with Gasteiger partial charge in [0, 0.05) is 6.21 Å². The van der Waals surface area contributed by atoms with E-state index in [0.29, 0.717) is 5.92 Å². The first-order valence-corrected chi connectivity index (χ1v) is 3.53. The van der Waals surface area contributed by atoms with Crippen LogP contribution < -0.4 is 0 Å². The molecule has 0 amide bonds. The predicted molar refractivity (Wildman–Crippen MR) is 36.2 cm³/mol. The second kappa shape index (κ2) is 1.59. The van der Waals surface area contributed by atoms with Gasteiger partial charge in [-0.1, -0.05) is 0 Å². The fourth-order valence-corrected chi connectivity index (χ4v) is 1.78. The summed E-state index contributed by atoms with van der Waals surface area (Å²) in [6.45, 7) is 0. The van der Waals surface area contributed by atoms with Crippen LogP contribution in [0.5, 0.6) is 0 Å². The molecular formula is C7H9NO2. The lowest BCUT2D eigenvalue weighted by atomic mass is 9.67. The first-order chi connectivity index (χ1) is 4.76. The zero-order valence-electron chi connectivity index (χ0n) is 5.58. The van der Waals surface area contributed by atoms with Crippen LogP contribution in [0.25, 0.3) is 0 Å². The van der Waals surface area contributed by atoms with Gasteiger partial charge in [0.15, 0.2) is 5.54 Å².